The lowest BCUT2D eigenvalue weighted by Gasteiger charge is -2.11. The van der Waals surface area contributed by atoms with Crippen molar-refractivity contribution in [1.82, 2.24) is 5.32 Å². The summed E-state index contributed by atoms with van der Waals surface area (Å²) in [5.41, 5.74) is 1.26. The fraction of sp³-hybridized carbons (Fsp3) is 0.467. The van der Waals surface area contributed by atoms with E-state index < -0.39 is 11.7 Å². The first-order valence-electron chi connectivity index (χ1n) is 6.61. The van der Waals surface area contributed by atoms with E-state index in [1.165, 1.54) is 0 Å². The molecule has 0 heterocycles. The topological polar surface area (TPSA) is 55.4 Å². The molecule has 0 saturated heterocycles. The highest BCUT2D eigenvalue weighted by atomic mass is 16.5. The fourth-order valence-electron chi connectivity index (χ4n) is 2.47. The van der Waals surface area contributed by atoms with Gasteiger partial charge in [0, 0.05) is 11.6 Å². The van der Waals surface area contributed by atoms with E-state index in [-0.39, 0.29) is 6.04 Å². The number of aryl methyl sites for hydroxylation is 1. The second-order valence-corrected chi connectivity index (χ2v) is 4.97. The van der Waals surface area contributed by atoms with Gasteiger partial charge in [-0.3, -0.25) is 9.59 Å². The van der Waals surface area contributed by atoms with Crippen LogP contribution in [0.1, 0.15) is 41.6 Å². The first-order valence-corrected chi connectivity index (χ1v) is 6.61. The lowest BCUT2D eigenvalue weighted by Crippen LogP contribution is -2.37. The largest absolute Gasteiger partial charge is 0.496 e. The molecule has 0 spiro atoms. The minimum atomic E-state index is -0.503. The standard InChI is InChI=1S/C15H19NO3/c1-10-9-11(7-8-13(10)19-2)14(17)15(18)16-12-5-3-4-6-12/h7-9,12H,3-6H2,1-2H3,(H,16,18). The molecule has 1 fully saturated rings. The zero-order valence-electron chi connectivity index (χ0n) is 11.4. The molecule has 4 nitrogen and oxygen atoms in total. The SMILES string of the molecule is COc1ccc(C(=O)C(=O)NC2CCCC2)cc1C. The molecule has 0 radical (unpaired) electrons. The second-order valence-electron chi connectivity index (χ2n) is 4.97. The van der Waals surface area contributed by atoms with Gasteiger partial charge in [0.2, 0.25) is 5.78 Å². The zero-order valence-corrected chi connectivity index (χ0v) is 11.4. The van der Waals surface area contributed by atoms with Gasteiger partial charge < -0.3 is 10.1 Å². The fourth-order valence-corrected chi connectivity index (χ4v) is 2.47. The van der Waals surface area contributed by atoms with Crippen molar-refractivity contribution in [3.8, 4) is 5.75 Å². The third kappa shape index (κ3) is 3.13. The Kier molecular flexibility index (Phi) is 4.20. The molecule has 102 valence electrons. The van der Waals surface area contributed by atoms with Crippen molar-refractivity contribution in [2.24, 2.45) is 0 Å². The van der Waals surface area contributed by atoms with Crippen LogP contribution in [-0.2, 0) is 4.79 Å². The van der Waals surface area contributed by atoms with Crippen molar-refractivity contribution in [3.05, 3.63) is 29.3 Å². The maximum Gasteiger partial charge on any atom is 0.292 e. The van der Waals surface area contributed by atoms with E-state index in [2.05, 4.69) is 5.32 Å². The Morgan fingerprint density at radius 3 is 2.53 bits per heavy atom. The van der Waals surface area contributed by atoms with Crippen LogP contribution in [0, 0.1) is 6.92 Å². The molecule has 0 aromatic heterocycles. The number of methoxy groups -OCH3 is 1. The Morgan fingerprint density at radius 2 is 1.95 bits per heavy atom. The Morgan fingerprint density at radius 1 is 1.26 bits per heavy atom. The van der Waals surface area contributed by atoms with Crippen LogP contribution in [0.25, 0.3) is 0 Å². The molecular weight excluding hydrogens is 242 g/mol. The molecule has 2 rings (SSSR count). The summed E-state index contributed by atoms with van der Waals surface area (Å²) in [7, 11) is 1.58. The van der Waals surface area contributed by atoms with Crippen LogP contribution in [0.2, 0.25) is 0 Å². The van der Waals surface area contributed by atoms with Crippen LogP contribution in [0.15, 0.2) is 18.2 Å². The Hall–Kier alpha value is -1.84. The zero-order chi connectivity index (χ0) is 13.8. The van der Waals surface area contributed by atoms with Gasteiger partial charge in [0.25, 0.3) is 5.91 Å². The van der Waals surface area contributed by atoms with E-state index in [0.29, 0.717) is 11.3 Å². The van der Waals surface area contributed by atoms with Gasteiger partial charge in [-0.2, -0.15) is 0 Å². The molecule has 19 heavy (non-hydrogen) atoms. The molecule has 0 aliphatic heterocycles. The quantitative estimate of drug-likeness (QED) is 0.668. The number of hydrogen-bond donors (Lipinski definition) is 1. The Balaban J connectivity index is 2.05. The number of hydrogen-bond acceptors (Lipinski definition) is 3. The molecule has 0 atom stereocenters. The maximum atomic E-state index is 12.0. The second kappa shape index (κ2) is 5.87. The Bertz CT molecular complexity index is 490. The average molecular weight is 261 g/mol. The predicted molar refractivity (Wildman–Crippen MR) is 72.5 cm³/mol. The lowest BCUT2D eigenvalue weighted by atomic mass is 10.1. The van der Waals surface area contributed by atoms with Crippen LogP contribution < -0.4 is 10.1 Å². The number of carbonyl (C=O) groups is 2. The van der Waals surface area contributed by atoms with E-state index in [1.54, 1.807) is 25.3 Å². The molecule has 1 aromatic rings. The minimum Gasteiger partial charge on any atom is -0.496 e. The van der Waals surface area contributed by atoms with E-state index in [4.69, 9.17) is 4.74 Å². The predicted octanol–water partition coefficient (Wildman–Crippen LogP) is 2.25. The van der Waals surface area contributed by atoms with E-state index in [9.17, 15) is 9.59 Å². The third-order valence-electron chi connectivity index (χ3n) is 3.55. The minimum absolute atomic E-state index is 0.163. The van der Waals surface area contributed by atoms with Gasteiger partial charge in [-0.1, -0.05) is 12.8 Å². The first kappa shape index (κ1) is 13.6. The van der Waals surface area contributed by atoms with Gasteiger partial charge in [0.15, 0.2) is 0 Å². The van der Waals surface area contributed by atoms with Crippen LogP contribution in [0.3, 0.4) is 0 Å². The molecule has 1 saturated carbocycles. The summed E-state index contributed by atoms with van der Waals surface area (Å²) in [6.07, 6.45) is 4.20. The van der Waals surface area contributed by atoms with Gasteiger partial charge in [0.05, 0.1) is 7.11 Å². The first-order chi connectivity index (χ1) is 9.11. The summed E-state index contributed by atoms with van der Waals surface area (Å²) in [4.78, 5) is 23.9. The number of Topliss-reactive ketones (excluding diaryl/α,β-unsaturated/α-hetero) is 1. The summed E-state index contributed by atoms with van der Waals surface area (Å²) in [5, 5.41) is 2.81. The summed E-state index contributed by atoms with van der Waals surface area (Å²) >= 11 is 0. The number of ketones is 1. The van der Waals surface area contributed by atoms with Gasteiger partial charge in [-0.05, 0) is 43.5 Å². The molecular formula is C15H19NO3. The van der Waals surface area contributed by atoms with Crippen LogP contribution in [0.5, 0.6) is 5.75 Å². The van der Waals surface area contributed by atoms with Crippen molar-refractivity contribution in [3.63, 3.8) is 0 Å². The molecule has 1 amide bonds. The van der Waals surface area contributed by atoms with Crippen molar-refractivity contribution in [2.45, 2.75) is 38.6 Å². The third-order valence-corrected chi connectivity index (χ3v) is 3.55. The summed E-state index contributed by atoms with van der Waals surface area (Å²) in [5.74, 6) is -0.262. The Labute approximate surface area is 113 Å². The van der Waals surface area contributed by atoms with E-state index in [1.807, 2.05) is 6.92 Å². The molecule has 1 aliphatic carbocycles. The van der Waals surface area contributed by atoms with Crippen molar-refractivity contribution in [2.75, 3.05) is 7.11 Å². The molecule has 1 N–H and O–H groups in total. The van der Waals surface area contributed by atoms with Crippen LogP contribution >= 0.6 is 0 Å². The number of carbonyl (C=O) groups excluding carboxylic acids is 2. The number of amides is 1. The summed E-state index contributed by atoms with van der Waals surface area (Å²) in [6, 6.07) is 5.19. The number of benzene rings is 1. The number of nitrogens with one attached hydrogen (secondary N) is 1. The van der Waals surface area contributed by atoms with Gasteiger partial charge in [0.1, 0.15) is 5.75 Å². The van der Waals surface area contributed by atoms with E-state index in [0.717, 1.165) is 31.2 Å². The normalized spacial score (nSPS) is 15.3. The van der Waals surface area contributed by atoms with Crippen molar-refractivity contribution < 1.29 is 14.3 Å². The average Bonchev–Trinajstić information content (AvgIpc) is 2.90. The number of rotatable bonds is 4. The highest BCUT2D eigenvalue weighted by molar-refractivity contribution is 6.42. The van der Waals surface area contributed by atoms with Gasteiger partial charge in [-0.25, -0.2) is 0 Å². The van der Waals surface area contributed by atoms with Crippen LogP contribution in [0.4, 0.5) is 0 Å². The number of ether oxygens (including phenoxy) is 1. The van der Waals surface area contributed by atoms with Crippen LogP contribution in [-0.4, -0.2) is 24.8 Å². The smallest absolute Gasteiger partial charge is 0.292 e. The molecule has 1 aliphatic rings. The molecule has 4 heteroatoms. The highest BCUT2D eigenvalue weighted by Crippen LogP contribution is 2.20. The summed E-state index contributed by atoms with van der Waals surface area (Å²) in [6.45, 7) is 1.85. The molecule has 1 aromatic carbocycles. The molecule has 0 unspecified atom stereocenters. The highest BCUT2D eigenvalue weighted by Gasteiger charge is 2.22. The lowest BCUT2D eigenvalue weighted by molar-refractivity contribution is -0.117. The van der Waals surface area contributed by atoms with Crippen molar-refractivity contribution >= 4 is 11.7 Å². The maximum absolute atomic E-state index is 12.0. The van der Waals surface area contributed by atoms with Crippen molar-refractivity contribution in [1.29, 1.82) is 0 Å². The molecule has 0 bridgehead atoms. The van der Waals surface area contributed by atoms with E-state index >= 15 is 0 Å². The van der Waals surface area contributed by atoms with Gasteiger partial charge in [-0.15, -0.1) is 0 Å². The monoisotopic (exact) mass is 261 g/mol. The van der Waals surface area contributed by atoms with Gasteiger partial charge >= 0.3 is 0 Å². The summed E-state index contributed by atoms with van der Waals surface area (Å²) < 4.78 is 5.14.